The number of ether oxygens (including phenoxy) is 1. The number of alkyl halides is 2. The van der Waals surface area contributed by atoms with E-state index in [1.807, 2.05) is 0 Å². The topological polar surface area (TPSA) is 81.3 Å². The van der Waals surface area contributed by atoms with Crippen molar-refractivity contribution in [3.05, 3.63) is 48.2 Å². The van der Waals surface area contributed by atoms with E-state index < -0.39 is 18.1 Å². The first kappa shape index (κ1) is 20.8. The third-order valence-corrected chi connectivity index (χ3v) is 5.05. The fourth-order valence-electron chi connectivity index (χ4n) is 3.37. The molecule has 1 aliphatic rings. The maximum absolute atomic E-state index is 14.3. The highest BCUT2D eigenvalue weighted by molar-refractivity contribution is 5.77. The van der Waals surface area contributed by atoms with Crippen LogP contribution in [0, 0.1) is 11.7 Å². The molecule has 2 aromatic heterocycles. The van der Waals surface area contributed by atoms with Crippen LogP contribution in [0.5, 0.6) is 5.75 Å². The summed E-state index contributed by atoms with van der Waals surface area (Å²) in [5.74, 6) is -1.12. The average Bonchev–Trinajstić information content (AvgIpc) is 3.25. The molecule has 7 nitrogen and oxygen atoms in total. The van der Waals surface area contributed by atoms with Crippen LogP contribution in [-0.4, -0.2) is 46.2 Å². The largest absolute Gasteiger partial charge is 0.491 e. The minimum absolute atomic E-state index is 0.0729. The maximum atomic E-state index is 14.3. The van der Waals surface area contributed by atoms with E-state index in [1.165, 1.54) is 18.3 Å². The van der Waals surface area contributed by atoms with Crippen LogP contribution in [-0.2, 0) is 4.79 Å². The Hall–Kier alpha value is -3.43. The number of aromatic nitrogens is 3. The predicted octanol–water partition coefficient (Wildman–Crippen LogP) is 4.12. The third kappa shape index (κ3) is 4.68. The van der Waals surface area contributed by atoms with Crippen molar-refractivity contribution in [3.63, 3.8) is 0 Å². The number of likely N-dealkylation sites (tertiary alicyclic amines) is 1. The van der Waals surface area contributed by atoms with E-state index in [0.717, 1.165) is 12.5 Å². The average molecular weight is 432 g/mol. The molecule has 0 N–H and O–H groups in total. The Kier molecular flexibility index (Phi) is 5.88. The molecule has 0 bridgehead atoms. The van der Waals surface area contributed by atoms with Gasteiger partial charge in [0, 0.05) is 43.3 Å². The van der Waals surface area contributed by atoms with E-state index in [1.54, 1.807) is 24.1 Å². The molecule has 1 aliphatic heterocycles. The third-order valence-electron chi connectivity index (χ3n) is 5.05. The number of rotatable bonds is 6. The summed E-state index contributed by atoms with van der Waals surface area (Å²) in [5.41, 5.74) is 0.880. The number of piperidine rings is 1. The van der Waals surface area contributed by atoms with Crippen LogP contribution < -0.4 is 4.74 Å². The van der Waals surface area contributed by atoms with Crippen molar-refractivity contribution in [3.8, 4) is 28.5 Å². The van der Waals surface area contributed by atoms with E-state index in [-0.39, 0.29) is 23.3 Å². The number of hydrogen-bond donors (Lipinski definition) is 0. The van der Waals surface area contributed by atoms with Crippen LogP contribution >= 0.6 is 0 Å². The zero-order valence-electron chi connectivity index (χ0n) is 16.6. The Bertz CT molecular complexity index is 1090. The Balaban J connectivity index is 1.58. The number of benzene rings is 1. The van der Waals surface area contributed by atoms with Crippen molar-refractivity contribution in [1.29, 1.82) is 0 Å². The summed E-state index contributed by atoms with van der Waals surface area (Å²) < 4.78 is 50.6. The first-order valence-electron chi connectivity index (χ1n) is 9.65. The minimum atomic E-state index is -2.92. The van der Waals surface area contributed by atoms with Crippen molar-refractivity contribution in [2.45, 2.75) is 19.3 Å². The number of pyridine rings is 1. The van der Waals surface area contributed by atoms with Crippen LogP contribution in [0.3, 0.4) is 0 Å². The van der Waals surface area contributed by atoms with Crippen LogP contribution in [0.15, 0.2) is 40.9 Å². The lowest BCUT2D eigenvalue weighted by molar-refractivity contribution is -0.133. The van der Waals surface area contributed by atoms with Gasteiger partial charge in [0.25, 0.3) is 5.89 Å². The number of carbonyl (C=O) groups excluding carboxylic acids is 1. The lowest BCUT2D eigenvalue weighted by atomic mass is 9.97. The Morgan fingerprint density at radius 3 is 2.81 bits per heavy atom. The van der Waals surface area contributed by atoms with Crippen molar-refractivity contribution in [2.75, 3.05) is 20.2 Å². The Labute approximate surface area is 175 Å². The SMILES string of the molecule is CN1CCC(COc2cccnc2-c2cc(F)cc(-c3nnc(C(F)F)o3)c2)CC1=O. The molecular weight excluding hydrogens is 413 g/mol. The molecule has 162 valence electrons. The zero-order valence-corrected chi connectivity index (χ0v) is 16.6. The minimum Gasteiger partial charge on any atom is -0.491 e. The quantitative estimate of drug-likeness (QED) is 0.583. The maximum Gasteiger partial charge on any atom is 0.314 e. The first-order valence-corrected chi connectivity index (χ1v) is 9.65. The molecule has 1 aromatic carbocycles. The molecule has 10 heteroatoms. The van der Waals surface area contributed by atoms with Crippen LogP contribution in [0.2, 0.25) is 0 Å². The molecular formula is C21H19F3N4O3. The van der Waals surface area contributed by atoms with E-state index in [9.17, 15) is 18.0 Å². The summed E-state index contributed by atoms with van der Waals surface area (Å²) in [4.78, 5) is 17.9. The van der Waals surface area contributed by atoms with Gasteiger partial charge >= 0.3 is 6.43 Å². The van der Waals surface area contributed by atoms with Gasteiger partial charge in [-0.05, 0) is 36.8 Å². The number of hydrogen-bond acceptors (Lipinski definition) is 6. The van der Waals surface area contributed by atoms with Crippen molar-refractivity contribution < 1.29 is 27.1 Å². The Morgan fingerprint density at radius 2 is 2.06 bits per heavy atom. The van der Waals surface area contributed by atoms with Crippen LogP contribution in [0.4, 0.5) is 13.2 Å². The summed E-state index contributed by atoms with van der Waals surface area (Å²) >= 11 is 0. The van der Waals surface area contributed by atoms with E-state index >= 15 is 0 Å². The highest BCUT2D eigenvalue weighted by Gasteiger charge is 2.24. The van der Waals surface area contributed by atoms with Gasteiger partial charge in [0.1, 0.15) is 17.3 Å². The van der Waals surface area contributed by atoms with Gasteiger partial charge < -0.3 is 14.1 Å². The number of carbonyl (C=O) groups is 1. The molecule has 0 radical (unpaired) electrons. The number of halogens is 3. The molecule has 1 unspecified atom stereocenters. The van der Waals surface area contributed by atoms with E-state index in [4.69, 9.17) is 9.15 Å². The van der Waals surface area contributed by atoms with Gasteiger partial charge in [-0.3, -0.25) is 9.78 Å². The molecule has 1 amide bonds. The smallest absolute Gasteiger partial charge is 0.314 e. The van der Waals surface area contributed by atoms with Gasteiger partial charge in [0.05, 0.1) is 6.61 Å². The van der Waals surface area contributed by atoms with Crippen molar-refractivity contribution in [2.24, 2.45) is 5.92 Å². The molecule has 1 atom stereocenters. The molecule has 0 saturated carbocycles. The standard InChI is InChI=1S/C21H19F3N4O3/c1-28-6-4-12(7-17(28)29)11-30-16-3-2-5-25-18(16)13-8-14(10-15(22)9-13)20-26-27-21(31-20)19(23)24/h2-3,5,8-10,12,19H,4,6-7,11H2,1H3. The highest BCUT2D eigenvalue weighted by atomic mass is 19.3. The summed E-state index contributed by atoms with van der Waals surface area (Å²) in [6.45, 7) is 0.993. The monoisotopic (exact) mass is 432 g/mol. The number of amides is 1. The van der Waals surface area contributed by atoms with Gasteiger partial charge in [-0.15, -0.1) is 10.2 Å². The molecule has 0 spiro atoms. The van der Waals surface area contributed by atoms with E-state index in [2.05, 4.69) is 15.2 Å². The fourth-order valence-corrected chi connectivity index (χ4v) is 3.37. The molecule has 0 aliphatic carbocycles. The Morgan fingerprint density at radius 1 is 1.26 bits per heavy atom. The first-order chi connectivity index (χ1) is 14.9. The molecule has 1 fully saturated rings. The fraction of sp³-hybridized carbons (Fsp3) is 0.333. The second kappa shape index (κ2) is 8.75. The summed E-state index contributed by atoms with van der Waals surface area (Å²) in [6.07, 6.45) is -0.157. The van der Waals surface area contributed by atoms with Crippen LogP contribution in [0.1, 0.15) is 25.2 Å². The molecule has 4 rings (SSSR count). The lowest BCUT2D eigenvalue weighted by Gasteiger charge is -2.28. The van der Waals surface area contributed by atoms with Gasteiger partial charge in [-0.1, -0.05) is 0 Å². The van der Waals surface area contributed by atoms with Gasteiger partial charge in [-0.2, -0.15) is 8.78 Å². The predicted molar refractivity (Wildman–Crippen MR) is 104 cm³/mol. The van der Waals surface area contributed by atoms with Gasteiger partial charge in [0.2, 0.25) is 11.8 Å². The van der Waals surface area contributed by atoms with Gasteiger partial charge in [-0.25, -0.2) is 4.39 Å². The molecule has 1 saturated heterocycles. The van der Waals surface area contributed by atoms with Crippen molar-refractivity contribution >= 4 is 5.91 Å². The second-order valence-electron chi connectivity index (χ2n) is 7.31. The number of nitrogens with zero attached hydrogens (tertiary/aromatic N) is 4. The normalized spacial score (nSPS) is 16.7. The highest BCUT2D eigenvalue weighted by Crippen LogP contribution is 2.33. The lowest BCUT2D eigenvalue weighted by Crippen LogP contribution is -2.37. The second-order valence-corrected chi connectivity index (χ2v) is 7.31. The summed E-state index contributed by atoms with van der Waals surface area (Å²) in [7, 11) is 1.77. The van der Waals surface area contributed by atoms with Crippen LogP contribution in [0.25, 0.3) is 22.7 Å². The van der Waals surface area contributed by atoms with Gasteiger partial charge in [0.15, 0.2) is 0 Å². The van der Waals surface area contributed by atoms with Crippen molar-refractivity contribution in [1.82, 2.24) is 20.1 Å². The molecule has 3 aromatic rings. The van der Waals surface area contributed by atoms with E-state index in [0.29, 0.717) is 36.6 Å². The zero-order chi connectivity index (χ0) is 22.0. The summed E-state index contributed by atoms with van der Waals surface area (Å²) in [5, 5.41) is 6.84. The molecule has 31 heavy (non-hydrogen) atoms. The molecule has 3 heterocycles. The summed E-state index contributed by atoms with van der Waals surface area (Å²) in [6, 6.07) is 7.26.